The number of para-hydroxylation sites is 1. The van der Waals surface area contributed by atoms with E-state index < -0.39 is 17.3 Å². The molecular formula is C24H20Cl2N4O2. The molecule has 4 rings (SSSR count). The molecule has 6 nitrogen and oxygen atoms in total. The van der Waals surface area contributed by atoms with Gasteiger partial charge in [-0.1, -0.05) is 83.9 Å². The van der Waals surface area contributed by atoms with Gasteiger partial charge in [0.15, 0.2) is 0 Å². The number of hydrogen-bond acceptors (Lipinski definition) is 4. The Morgan fingerprint density at radius 1 is 0.844 bits per heavy atom. The van der Waals surface area contributed by atoms with Crippen LogP contribution in [-0.2, 0) is 13.0 Å². The Balaban J connectivity index is 1.87. The first-order valence-corrected chi connectivity index (χ1v) is 10.7. The van der Waals surface area contributed by atoms with E-state index in [2.05, 4.69) is 5.10 Å². The van der Waals surface area contributed by atoms with E-state index in [1.165, 1.54) is 4.68 Å². The van der Waals surface area contributed by atoms with Crippen molar-refractivity contribution < 1.29 is 0 Å². The highest BCUT2D eigenvalue weighted by molar-refractivity contribution is 6.32. The molecule has 2 N–H and O–H groups in total. The lowest BCUT2D eigenvalue weighted by Crippen LogP contribution is -2.44. The average molecular weight is 467 g/mol. The molecule has 0 saturated heterocycles. The predicted molar refractivity (Wildman–Crippen MR) is 127 cm³/mol. The van der Waals surface area contributed by atoms with Crippen molar-refractivity contribution in [2.75, 3.05) is 0 Å². The van der Waals surface area contributed by atoms with Crippen LogP contribution in [0.4, 0.5) is 0 Å². The van der Waals surface area contributed by atoms with Crippen molar-refractivity contribution in [1.82, 2.24) is 14.3 Å². The summed E-state index contributed by atoms with van der Waals surface area (Å²) in [7, 11) is 0. The van der Waals surface area contributed by atoms with Gasteiger partial charge in [-0.25, -0.2) is 14.0 Å². The van der Waals surface area contributed by atoms with Crippen molar-refractivity contribution in [3.05, 3.63) is 127 Å². The first-order valence-electron chi connectivity index (χ1n) is 9.97. The molecular weight excluding hydrogens is 447 g/mol. The van der Waals surface area contributed by atoms with Crippen LogP contribution in [0.5, 0.6) is 0 Å². The number of aromatic nitrogens is 3. The van der Waals surface area contributed by atoms with E-state index in [4.69, 9.17) is 28.9 Å². The first kappa shape index (κ1) is 22.0. The summed E-state index contributed by atoms with van der Waals surface area (Å²) in [6.45, 7) is 0.0864. The number of rotatable bonds is 6. The molecule has 8 heteroatoms. The molecule has 0 aliphatic carbocycles. The monoisotopic (exact) mass is 466 g/mol. The summed E-state index contributed by atoms with van der Waals surface area (Å²) < 4.78 is 2.26. The number of nitrogens with two attached hydrogens (primary N) is 1. The van der Waals surface area contributed by atoms with E-state index in [0.29, 0.717) is 5.02 Å². The Morgan fingerprint density at radius 2 is 1.47 bits per heavy atom. The van der Waals surface area contributed by atoms with Crippen molar-refractivity contribution in [1.29, 1.82) is 0 Å². The third kappa shape index (κ3) is 4.53. The second-order valence-corrected chi connectivity index (χ2v) is 8.10. The van der Waals surface area contributed by atoms with Crippen molar-refractivity contribution >= 4 is 23.2 Å². The molecule has 1 aromatic heterocycles. The highest BCUT2D eigenvalue weighted by Gasteiger charge is 2.19. The molecule has 0 spiro atoms. The molecule has 0 aliphatic heterocycles. The van der Waals surface area contributed by atoms with Gasteiger partial charge in [-0.2, -0.15) is 5.10 Å². The molecule has 0 bridgehead atoms. The lowest BCUT2D eigenvalue weighted by molar-refractivity contribution is 0.470. The Bertz CT molecular complexity index is 1370. The maximum absolute atomic E-state index is 13.3. The number of halogens is 2. The fraction of sp³-hybridized carbons (Fsp3) is 0.125. The molecule has 32 heavy (non-hydrogen) atoms. The Labute approximate surface area is 194 Å². The van der Waals surface area contributed by atoms with E-state index in [0.717, 1.165) is 15.7 Å². The minimum absolute atomic E-state index is 0.0864. The third-order valence-corrected chi connectivity index (χ3v) is 5.80. The van der Waals surface area contributed by atoms with Crippen molar-refractivity contribution in [2.24, 2.45) is 5.73 Å². The van der Waals surface area contributed by atoms with E-state index in [9.17, 15) is 9.59 Å². The zero-order chi connectivity index (χ0) is 22.7. The first-order chi connectivity index (χ1) is 15.5. The molecule has 0 saturated carbocycles. The summed E-state index contributed by atoms with van der Waals surface area (Å²) in [5.74, 6) is 0. The van der Waals surface area contributed by atoms with Crippen molar-refractivity contribution in [2.45, 2.75) is 19.0 Å². The second kappa shape index (κ2) is 9.53. The highest BCUT2D eigenvalue weighted by atomic mass is 35.5. The van der Waals surface area contributed by atoms with Crippen LogP contribution in [-0.4, -0.2) is 14.3 Å². The summed E-state index contributed by atoms with van der Waals surface area (Å²) >= 11 is 12.6. The molecule has 1 heterocycles. The Morgan fingerprint density at radius 3 is 2.16 bits per heavy atom. The van der Waals surface area contributed by atoms with E-state index in [1.807, 2.05) is 42.5 Å². The number of benzene rings is 3. The third-order valence-electron chi connectivity index (χ3n) is 5.11. The topological polar surface area (TPSA) is 82.9 Å². The summed E-state index contributed by atoms with van der Waals surface area (Å²) in [4.78, 5) is 26.6. The molecule has 0 amide bonds. The fourth-order valence-corrected chi connectivity index (χ4v) is 3.87. The van der Waals surface area contributed by atoms with E-state index in [-0.39, 0.29) is 29.4 Å². The normalized spacial score (nSPS) is 12.0. The van der Waals surface area contributed by atoms with Crippen molar-refractivity contribution in [3.8, 4) is 5.69 Å². The SMILES string of the molecule is NC(Cn1nc(Cc2ccccc2Cl)c(=O)n(-c2ccccc2Cl)c1=O)c1ccccc1. The van der Waals surface area contributed by atoms with E-state index in [1.54, 1.807) is 36.4 Å². The molecule has 1 unspecified atom stereocenters. The van der Waals surface area contributed by atoms with Crippen molar-refractivity contribution in [3.63, 3.8) is 0 Å². The smallest absolute Gasteiger partial charge is 0.322 e. The van der Waals surface area contributed by atoms with Gasteiger partial charge in [-0.3, -0.25) is 4.79 Å². The van der Waals surface area contributed by atoms with Crippen LogP contribution in [0.25, 0.3) is 5.69 Å². The zero-order valence-electron chi connectivity index (χ0n) is 17.0. The molecule has 1 atom stereocenters. The van der Waals surface area contributed by atoms with Crippen LogP contribution >= 0.6 is 23.2 Å². The standard InChI is InChI=1S/C24H20Cl2N4O2/c25-18-11-5-4-10-17(18)14-21-23(31)30(22-13-7-6-12-19(22)26)24(32)29(28-21)15-20(27)16-8-2-1-3-9-16/h1-13,20H,14-15,27H2. The van der Waals surface area contributed by atoms with Gasteiger partial charge in [0.2, 0.25) is 0 Å². The maximum Gasteiger partial charge on any atom is 0.352 e. The molecule has 3 aromatic carbocycles. The molecule has 0 radical (unpaired) electrons. The van der Waals surface area contributed by atoms with Gasteiger partial charge in [0.25, 0.3) is 5.56 Å². The van der Waals surface area contributed by atoms with Crippen LogP contribution in [0.1, 0.15) is 22.9 Å². The van der Waals surface area contributed by atoms with Crippen LogP contribution in [0.2, 0.25) is 10.0 Å². The lowest BCUT2D eigenvalue weighted by atomic mass is 10.1. The van der Waals surface area contributed by atoms with Crippen LogP contribution in [0.15, 0.2) is 88.5 Å². The molecule has 4 aromatic rings. The summed E-state index contributed by atoms with van der Waals surface area (Å²) in [5, 5.41) is 5.17. The Kier molecular flexibility index (Phi) is 6.55. The van der Waals surface area contributed by atoms with Gasteiger partial charge in [0, 0.05) is 17.5 Å². The van der Waals surface area contributed by atoms with Gasteiger partial charge in [0.1, 0.15) is 5.69 Å². The maximum atomic E-state index is 13.3. The van der Waals surface area contributed by atoms with Gasteiger partial charge in [-0.15, -0.1) is 0 Å². The number of nitrogens with zero attached hydrogens (tertiary/aromatic N) is 3. The largest absolute Gasteiger partial charge is 0.352 e. The lowest BCUT2D eigenvalue weighted by Gasteiger charge is -2.16. The average Bonchev–Trinajstić information content (AvgIpc) is 2.80. The molecule has 162 valence electrons. The quantitative estimate of drug-likeness (QED) is 0.465. The minimum atomic E-state index is -0.614. The molecule has 0 aliphatic rings. The summed E-state index contributed by atoms with van der Waals surface area (Å²) in [6, 6.07) is 22.8. The Hall–Kier alpha value is -3.19. The van der Waals surface area contributed by atoms with Crippen LogP contribution < -0.4 is 17.0 Å². The number of hydrogen-bond donors (Lipinski definition) is 1. The fourth-order valence-electron chi connectivity index (χ4n) is 3.45. The van der Waals surface area contributed by atoms with Crippen LogP contribution in [0, 0.1) is 0 Å². The van der Waals surface area contributed by atoms with Crippen LogP contribution in [0.3, 0.4) is 0 Å². The molecule has 0 fully saturated rings. The van der Waals surface area contributed by atoms with Gasteiger partial charge in [0.05, 0.1) is 17.3 Å². The summed E-state index contributed by atoms with van der Waals surface area (Å²) in [6.07, 6.45) is 0.157. The van der Waals surface area contributed by atoms with Gasteiger partial charge in [-0.05, 0) is 29.3 Å². The zero-order valence-corrected chi connectivity index (χ0v) is 18.5. The highest BCUT2D eigenvalue weighted by Crippen LogP contribution is 2.19. The second-order valence-electron chi connectivity index (χ2n) is 7.29. The predicted octanol–water partition coefficient (Wildman–Crippen LogP) is 3.99. The van der Waals surface area contributed by atoms with E-state index >= 15 is 0 Å². The minimum Gasteiger partial charge on any atom is -0.322 e. The van der Waals surface area contributed by atoms with Gasteiger partial charge < -0.3 is 5.73 Å². The summed E-state index contributed by atoms with van der Waals surface area (Å²) in [5.41, 5.74) is 7.21. The van der Waals surface area contributed by atoms with Gasteiger partial charge >= 0.3 is 5.69 Å².